The Hall–Kier alpha value is -1.13. The van der Waals surface area contributed by atoms with E-state index in [2.05, 4.69) is 0 Å². The maximum Gasteiger partial charge on any atom is 0.359 e. The number of nitrogens with one attached hydrogen (secondary N) is 1. The first-order valence-electron chi connectivity index (χ1n) is 9.85. The van der Waals surface area contributed by atoms with Crippen molar-refractivity contribution >= 4 is 7.60 Å². The Morgan fingerprint density at radius 2 is 1.87 bits per heavy atom. The minimum Gasteiger partial charge on any atom is -0.388 e. The Labute approximate surface area is 174 Å². The van der Waals surface area contributed by atoms with Gasteiger partial charge in [-0.25, -0.2) is 0 Å². The molecule has 9 nitrogen and oxygen atoms in total. The molecule has 0 radical (unpaired) electrons. The van der Waals surface area contributed by atoms with Crippen LogP contribution >= 0.6 is 7.60 Å². The highest BCUT2D eigenvalue weighted by Gasteiger charge is 2.50. The van der Waals surface area contributed by atoms with Gasteiger partial charge in [0.15, 0.2) is 11.3 Å². The third kappa shape index (κ3) is 4.85. The van der Waals surface area contributed by atoms with Gasteiger partial charge in [-0.1, -0.05) is 13.8 Å². The van der Waals surface area contributed by atoms with Crippen molar-refractivity contribution in [3.63, 3.8) is 0 Å². The van der Waals surface area contributed by atoms with Crippen molar-refractivity contribution in [3.05, 3.63) is 33.5 Å². The number of aliphatic hydroxyl groups is 3. The lowest BCUT2D eigenvalue weighted by Gasteiger charge is -2.37. The van der Waals surface area contributed by atoms with Gasteiger partial charge in [-0.05, 0) is 39.7 Å². The third-order valence-electron chi connectivity index (χ3n) is 5.88. The normalized spacial score (nSPS) is 30.5. The summed E-state index contributed by atoms with van der Waals surface area (Å²) in [5.41, 5.74) is -1.80. The molecule has 4 unspecified atom stereocenters. The van der Waals surface area contributed by atoms with Gasteiger partial charge >= 0.3 is 7.60 Å². The number of aryl methyl sites for hydroxylation is 1. The average molecular weight is 451 g/mol. The van der Waals surface area contributed by atoms with Crippen molar-refractivity contribution in [1.82, 2.24) is 4.98 Å². The van der Waals surface area contributed by atoms with E-state index in [9.17, 15) is 34.0 Å². The molecule has 0 amide bonds. The fraction of sp³-hybridized carbons (Fsp3) is 0.737. The number of hydrogen-bond donors (Lipinski definition) is 5. The van der Waals surface area contributed by atoms with Gasteiger partial charge in [-0.2, -0.15) is 4.39 Å². The molecule has 30 heavy (non-hydrogen) atoms. The molecule has 0 saturated carbocycles. The summed E-state index contributed by atoms with van der Waals surface area (Å²) in [6.07, 6.45) is -5.11. The molecule has 0 spiro atoms. The van der Waals surface area contributed by atoms with Gasteiger partial charge in [0.25, 0.3) is 5.56 Å². The molecule has 1 aliphatic heterocycles. The number of halogens is 1. The molecule has 0 aliphatic carbocycles. The van der Waals surface area contributed by atoms with Crippen molar-refractivity contribution in [2.45, 2.75) is 89.2 Å². The number of H-pyrrole nitrogens is 1. The van der Waals surface area contributed by atoms with Gasteiger partial charge in [-0.15, -0.1) is 0 Å². The summed E-state index contributed by atoms with van der Waals surface area (Å²) in [6, 6.07) is 1.24. The molecule has 0 bridgehead atoms. The number of ether oxygens (including phenoxy) is 1. The fourth-order valence-corrected chi connectivity index (χ4v) is 4.68. The molecule has 5 N–H and O–H groups in total. The molecule has 11 heteroatoms. The van der Waals surface area contributed by atoms with Gasteiger partial charge < -0.3 is 29.5 Å². The first-order chi connectivity index (χ1) is 13.7. The lowest BCUT2D eigenvalue weighted by atomic mass is 9.92. The van der Waals surface area contributed by atoms with E-state index in [1.165, 1.54) is 26.8 Å². The van der Waals surface area contributed by atoms with Gasteiger partial charge in [-0.3, -0.25) is 14.3 Å². The van der Waals surface area contributed by atoms with E-state index in [1.54, 1.807) is 13.8 Å². The Morgan fingerprint density at radius 1 is 1.27 bits per heavy atom. The predicted molar refractivity (Wildman–Crippen MR) is 107 cm³/mol. The molecule has 7 atom stereocenters. The van der Waals surface area contributed by atoms with E-state index in [0.29, 0.717) is 0 Å². The van der Waals surface area contributed by atoms with Crippen LogP contribution in [-0.2, 0) is 13.8 Å². The molecule has 1 aromatic rings. The third-order valence-corrected chi connectivity index (χ3v) is 8.10. The number of aromatic nitrogens is 1. The second-order valence-corrected chi connectivity index (χ2v) is 10.5. The predicted octanol–water partition coefficient (Wildman–Crippen LogP) is 1.86. The monoisotopic (exact) mass is 451 g/mol. The highest BCUT2D eigenvalue weighted by atomic mass is 31.2. The first-order valence-corrected chi connectivity index (χ1v) is 11.4. The summed E-state index contributed by atoms with van der Waals surface area (Å²) in [4.78, 5) is 23.8. The maximum atomic E-state index is 14.3. The molecule has 2 heterocycles. The molecule has 0 aromatic carbocycles. The van der Waals surface area contributed by atoms with E-state index in [-0.39, 0.29) is 30.4 Å². The molecule has 172 valence electrons. The van der Waals surface area contributed by atoms with Crippen LogP contribution in [0, 0.1) is 12.9 Å². The zero-order chi connectivity index (χ0) is 23.1. The number of aromatic amines is 1. The first kappa shape index (κ1) is 25.1. The van der Waals surface area contributed by atoms with E-state index in [4.69, 9.17) is 9.26 Å². The zero-order valence-corrected chi connectivity index (χ0v) is 18.6. The summed E-state index contributed by atoms with van der Waals surface area (Å²) < 4.78 is 38.0. The summed E-state index contributed by atoms with van der Waals surface area (Å²) in [5, 5.41) is 29.1. The number of pyridine rings is 1. The van der Waals surface area contributed by atoms with Crippen LogP contribution in [0.4, 0.5) is 4.39 Å². The molecule has 1 fully saturated rings. The fourth-order valence-electron chi connectivity index (χ4n) is 3.28. The largest absolute Gasteiger partial charge is 0.388 e. The molecule has 1 aromatic heterocycles. The maximum absolute atomic E-state index is 14.3. The van der Waals surface area contributed by atoms with E-state index >= 15 is 0 Å². The highest BCUT2D eigenvalue weighted by molar-refractivity contribution is 7.54. The molecule has 1 aliphatic rings. The Morgan fingerprint density at radius 3 is 2.40 bits per heavy atom. The van der Waals surface area contributed by atoms with Crippen LogP contribution in [0.1, 0.15) is 64.2 Å². The summed E-state index contributed by atoms with van der Waals surface area (Å²) in [7, 11) is -4.46. The Bertz CT molecular complexity index is 875. The van der Waals surface area contributed by atoms with Crippen LogP contribution in [0.25, 0.3) is 0 Å². The van der Waals surface area contributed by atoms with Gasteiger partial charge in [0.05, 0.1) is 11.7 Å². The molecular formula is C19H31FNO8P. The Kier molecular flexibility index (Phi) is 7.36. The second kappa shape index (κ2) is 8.78. The van der Waals surface area contributed by atoms with Gasteiger partial charge in [0, 0.05) is 17.5 Å². The molecule has 2 rings (SSSR count). The van der Waals surface area contributed by atoms with E-state index in [0.717, 1.165) is 0 Å². The minimum absolute atomic E-state index is 0.0191. The minimum atomic E-state index is -4.46. The van der Waals surface area contributed by atoms with E-state index in [1.807, 2.05) is 4.98 Å². The van der Waals surface area contributed by atoms with Crippen molar-refractivity contribution in [2.24, 2.45) is 0 Å². The zero-order valence-electron chi connectivity index (χ0n) is 17.8. The average Bonchev–Trinajstić information content (AvgIpc) is 2.92. The van der Waals surface area contributed by atoms with Crippen LogP contribution in [0.5, 0.6) is 0 Å². The lowest BCUT2D eigenvalue weighted by molar-refractivity contribution is -0.0536. The van der Waals surface area contributed by atoms with Gasteiger partial charge in [0.1, 0.15) is 18.3 Å². The van der Waals surface area contributed by atoms with Crippen LogP contribution < -0.4 is 5.56 Å². The quantitative estimate of drug-likeness (QED) is 0.297. The van der Waals surface area contributed by atoms with Crippen molar-refractivity contribution in [3.8, 4) is 0 Å². The Balaban J connectivity index is 2.26. The number of aliphatic hydroxyl groups excluding tert-OH is 2. The van der Waals surface area contributed by atoms with Crippen molar-refractivity contribution in [2.75, 3.05) is 0 Å². The van der Waals surface area contributed by atoms with Crippen LogP contribution in [0.2, 0.25) is 0 Å². The molecule has 1 saturated heterocycles. The van der Waals surface area contributed by atoms with Crippen molar-refractivity contribution in [1.29, 1.82) is 0 Å². The topological polar surface area (TPSA) is 149 Å². The molecular weight excluding hydrogens is 420 g/mol. The van der Waals surface area contributed by atoms with Crippen LogP contribution in [-0.4, -0.2) is 54.5 Å². The number of rotatable bonds is 8. The lowest BCUT2D eigenvalue weighted by Crippen LogP contribution is -2.40. The summed E-state index contributed by atoms with van der Waals surface area (Å²) in [5.74, 6) is -0.976. The van der Waals surface area contributed by atoms with Gasteiger partial charge in [0.2, 0.25) is 0 Å². The van der Waals surface area contributed by atoms with E-state index < -0.39 is 54.5 Å². The van der Waals surface area contributed by atoms with Crippen molar-refractivity contribution < 1.29 is 38.4 Å². The highest BCUT2D eigenvalue weighted by Crippen LogP contribution is 2.59. The smallest absolute Gasteiger partial charge is 0.359 e. The summed E-state index contributed by atoms with van der Waals surface area (Å²) in [6.45, 7) is 7.44. The van der Waals surface area contributed by atoms with Crippen LogP contribution in [0.3, 0.4) is 0 Å². The number of hydrogen-bond acceptors (Lipinski definition) is 7. The standard InChI is InChI=1S/C19H31FNO8P/c1-6-18(4,29-30(26,27)19(5,25)7-2)9-12-13(22)14(23)15(28-12)11-8-10(3)17(24)21-16(11)20/h8,12-15,22-23,25H,6-7,9H2,1-5H3,(H,21,24)(H,26,27)/t12-,13?,14+,15+,18?,19?/m1/s1. The summed E-state index contributed by atoms with van der Waals surface area (Å²) >= 11 is 0. The van der Waals surface area contributed by atoms with Crippen LogP contribution in [0.15, 0.2) is 10.9 Å². The second-order valence-electron chi connectivity index (χ2n) is 8.32. The SMILES string of the molecule is CCC(C)(C[C@H]1O[C@@H](c2cc(C)c(=O)[nH]c2F)[C@@H](O)C1O)OP(=O)(O)C(C)(O)CC.